The summed E-state index contributed by atoms with van der Waals surface area (Å²) in [6.07, 6.45) is 1.92. The number of ether oxygens (including phenoxy) is 1. The minimum Gasteiger partial charge on any atom is -0.497 e. The molecule has 1 aliphatic rings. The second-order valence-electron chi connectivity index (χ2n) is 8.91. The lowest BCUT2D eigenvalue weighted by molar-refractivity contribution is -0.153. The Kier molecular flexibility index (Phi) is 8.01. The molecule has 2 aromatic heterocycles. The highest BCUT2D eigenvalue weighted by molar-refractivity contribution is 7.10. The van der Waals surface area contributed by atoms with Crippen molar-refractivity contribution >= 4 is 28.2 Å². The van der Waals surface area contributed by atoms with Gasteiger partial charge >= 0.3 is 5.97 Å². The maximum Gasteiger partial charge on any atom is 0.309 e. The number of aliphatic carboxylic acids is 1. The van der Waals surface area contributed by atoms with E-state index in [4.69, 9.17) is 4.74 Å². The van der Waals surface area contributed by atoms with Crippen molar-refractivity contribution in [3.8, 4) is 17.6 Å². The highest BCUT2D eigenvalue weighted by atomic mass is 32.1. The summed E-state index contributed by atoms with van der Waals surface area (Å²) in [7, 11) is 1.54. The van der Waals surface area contributed by atoms with Crippen molar-refractivity contribution in [3.63, 3.8) is 0 Å². The van der Waals surface area contributed by atoms with Gasteiger partial charge in [-0.3, -0.25) is 14.7 Å². The van der Waals surface area contributed by atoms with Crippen LogP contribution in [0.25, 0.3) is 10.9 Å². The number of halogens is 1. The minimum absolute atomic E-state index is 0.216. The van der Waals surface area contributed by atoms with Gasteiger partial charge in [-0.05, 0) is 60.9 Å². The monoisotopic (exact) mass is 496 g/mol. The van der Waals surface area contributed by atoms with Crippen molar-refractivity contribution < 1.29 is 24.1 Å². The molecule has 4 rings (SSSR count). The van der Waals surface area contributed by atoms with Crippen LogP contribution < -0.4 is 4.74 Å². The van der Waals surface area contributed by atoms with Crippen molar-refractivity contribution in [2.45, 2.75) is 38.5 Å². The first-order valence-electron chi connectivity index (χ1n) is 11.6. The Bertz CT molecular complexity index is 1220. The third kappa shape index (κ3) is 5.64. The van der Waals surface area contributed by atoms with E-state index in [9.17, 15) is 19.4 Å². The summed E-state index contributed by atoms with van der Waals surface area (Å²) in [4.78, 5) is 19.8. The predicted octanol–water partition coefficient (Wildman–Crippen LogP) is 4.81. The van der Waals surface area contributed by atoms with Crippen molar-refractivity contribution in [2.24, 2.45) is 5.41 Å². The molecule has 0 unspecified atom stereocenters. The summed E-state index contributed by atoms with van der Waals surface area (Å²) in [5.74, 6) is 6.05. The maximum atomic E-state index is 13.8. The van der Waals surface area contributed by atoms with Gasteiger partial charge in [0.25, 0.3) is 0 Å². The Morgan fingerprint density at radius 3 is 2.80 bits per heavy atom. The van der Waals surface area contributed by atoms with Gasteiger partial charge in [-0.2, -0.15) is 0 Å². The molecule has 6 nitrogen and oxygen atoms in total. The van der Waals surface area contributed by atoms with Crippen LogP contribution in [-0.2, 0) is 11.5 Å². The fourth-order valence-corrected chi connectivity index (χ4v) is 5.31. The van der Waals surface area contributed by atoms with E-state index in [0.29, 0.717) is 66.7 Å². The summed E-state index contributed by atoms with van der Waals surface area (Å²) in [6.45, 7) is 1.10. The molecule has 0 saturated carbocycles. The van der Waals surface area contributed by atoms with E-state index < -0.39 is 24.2 Å². The Morgan fingerprint density at radius 1 is 1.34 bits per heavy atom. The van der Waals surface area contributed by atoms with Crippen LogP contribution in [0.2, 0.25) is 0 Å². The highest BCUT2D eigenvalue weighted by Crippen LogP contribution is 2.40. The van der Waals surface area contributed by atoms with Crippen LogP contribution in [0.5, 0.6) is 5.75 Å². The lowest BCUT2D eigenvalue weighted by atomic mass is 9.74. The Morgan fingerprint density at radius 2 is 2.14 bits per heavy atom. The molecule has 0 aliphatic carbocycles. The van der Waals surface area contributed by atoms with Gasteiger partial charge in [-0.25, -0.2) is 4.39 Å². The molecular formula is C27H29FN2O4S. The van der Waals surface area contributed by atoms with Gasteiger partial charge < -0.3 is 14.9 Å². The number of carbonyl (C=O) groups is 1. The van der Waals surface area contributed by atoms with Gasteiger partial charge in [0.1, 0.15) is 12.4 Å². The first-order valence-corrected chi connectivity index (χ1v) is 12.5. The number of hydrogen-bond donors (Lipinski definition) is 2. The Labute approximate surface area is 208 Å². The van der Waals surface area contributed by atoms with E-state index in [1.54, 1.807) is 36.6 Å². The molecule has 8 heteroatoms. The molecule has 0 bridgehead atoms. The molecule has 184 valence electrons. The van der Waals surface area contributed by atoms with Gasteiger partial charge in [0.2, 0.25) is 0 Å². The van der Waals surface area contributed by atoms with Crippen LogP contribution in [0.15, 0.2) is 41.9 Å². The molecule has 0 spiro atoms. The summed E-state index contributed by atoms with van der Waals surface area (Å²) >= 11 is 1.60. The number of hydrogen-bond acceptors (Lipinski definition) is 6. The van der Waals surface area contributed by atoms with E-state index in [0.717, 1.165) is 4.88 Å². The molecule has 35 heavy (non-hydrogen) atoms. The van der Waals surface area contributed by atoms with E-state index in [1.807, 2.05) is 17.5 Å². The number of aliphatic hydroxyl groups excluding tert-OH is 1. The number of rotatable bonds is 8. The molecule has 3 aromatic rings. The number of benzene rings is 1. The third-order valence-electron chi connectivity index (χ3n) is 6.88. The SMILES string of the molecule is COc1ccc2ncc(CF)c([C@@H](O)CCC3(C(=O)O)CCN(CC#Cc4cccs4)CC3)c2c1. The maximum absolute atomic E-state index is 13.8. The lowest BCUT2D eigenvalue weighted by Gasteiger charge is -2.38. The van der Waals surface area contributed by atoms with Crippen molar-refractivity contribution in [3.05, 3.63) is 57.9 Å². The van der Waals surface area contributed by atoms with Gasteiger partial charge in [-0.1, -0.05) is 17.9 Å². The normalized spacial score (nSPS) is 16.4. The molecule has 3 heterocycles. The fourth-order valence-electron chi connectivity index (χ4n) is 4.72. The second-order valence-corrected chi connectivity index (χ2v) is 9.86. The zero-order valence-corrected chi connectivity index (χ0v) is 20.5. The Hall–Kier alpha value is -2.99. The van der Waals surface area contributed by atoms with Crippen LogP contribution in [-0.4, -0.2) is 52.8 Å². The van der Waals surface area contributed by atoms with E-state index >= 15 is 0 Å². The van der Waals surface area contributed by atoms with Crippen LogP contribution >= 0.6 is 11.3 Å². The number of piperidine rings is 1. The molecule has 1 fully saturated rings. The predicted molar refractivity (Wildman–Crippen MR) is 134 cm³/mol. The van der Waals surface area contributed by atoms with Crippen molar-refractivity contribution in [1.82, 2.24) is 9.88 Å². The molecule has 1 saturated heterocycles. The van der Waals surface area contributed by atoms with Gasteiger partial charge in [0, 0.05) is 30.2 Å². The molecule has 0 radical (unpaired) electrons. The summed E-state index contributed by atoms with van der Waals surface area (Å²) in [6, 6.07) is 9.21. The van der Waals surface area contributed by atoms with Crippen LogP contribution in [0.1, 0.15) is 47.8 Å². The number of carboxylic acids is 1. The molecule has 1 aromatic carbocycles. The van der Waals surface area contributed by atoms with E-state index in [1.165, 1.54) is 6.20 Å². The third-order valence-corrected chi connectivity index (χ3v) is 7.66. The first-order chi connectivity index (χ1) is 17.0. The number of carboxylic acid groups (broad SMARTS) is 1. The van der Waals surface area contributed by atoms with Crippen molar-refractivity contribution in [2.75, 3.05) is 26.7 Å². The smallest absolute Gasteiger partial charge is 0.309 e. The zero-order valence-electron chi connectivity index (χ0n) is 19.7. The highest BCUT2D eigenvalue weighted by Gasteiger charge is 2.41. The fraction of sp³-hybridized carbons (Fsp3) is 0.407. The van der Waals surface area contributed by atoms with Crippen LogP contribution in [0.4, 0.5) is 4.39 Å². The average Bonchev–Trinajstić information content (AvgIpc) is 3.40. The molecule has 1 atom stereocenters. The number of aliphatic hydroxyl groups is 1. The summed E-state index contributed by atoms with van der Waals surface area (Å²) in [5.41, 5.74) is 0.469. The summed E-state index contributed by atoms with van der Waals surface area (Å²) < 4.78 is 19.1. The zero-order chi connectivity index (χ0) is 24.8. The molecule has 2 N–H and O–H groups in total. The molecule has 0 amide bonds. The lowest BCUT2D eigenvalue weighted by Crippen LogP contribution is -2.44. The molecular weight excluding hydrogens is 467 g/mol. The minimum atomic E-state index is -1.01. The van der Waals surface area contributed by atoms with Gasteiger partial charge in [0.05, 0.1) is 35.6 Å². The topological polar surface area (TPSA) is 82.9 Å². The first kappa shape index (κ1) is 25.1. The largest absolute Gasteiger partial charge is 0.497 e. The van der Waals surface area contributed by atoms with Gasteiger partial charge in [0.15, 0.2) is 0 Å². The number of likely N-dealkylation sites (tertiary alicyclic amines) is 1. The van der Waals surface area contributed by atoms with Crippen LogP contribution in [0.3, 0.4) is 0 Å². The van der Waals surface area contributed by atoms with Crippen molar-refractivity contribution in [1.29, 1.82) is 0 Å². The number of aromatic nitrogens is 1. The van der Waals surface area contributed by atoms with E-state index in [-0.39, 0.29) is 6.42 Å². The molecule has 1 aliphatic heterocycles. The van der Waals surface area contributed by atoms with Gasteiger partial charge in [-0.15, -0.1) is 11.3 Å². The standard InChI is InChI=1S/C27H29FN2O4S/c1-34-20-6-7-23-22(16-20)25(19(17-28)18-29-23)24(31)8-9-27(26(32)33)10-13-30(14-11-27)12-2-4-21-5-3-15-35-21/h3,5-7,15-16,18,24,31H,8-14,17H2,1H3,(H,32,33)/t24-/m0/s1. The number of nitrogens with zero attached hydrogens (tertiary/aromatic N) is 2. The average molecular weight is 497 g/mol. The number of fused-ring (bicyclic) bond motifs is 1. The number of methoxy groups -OCH3 is 1. The quantitative estimate of drug-likeness (QED) is 0.436. The number of alkyl halides is 1. The number of pyridine rings is 1. The second kappa shape index (κ2) is 11.2. The Balaban J connectivity index is 1.46. The summed E-state index contributed by atoms with van der Waals surface area (Å²) in [5, 5.41) is 23.8. The van der Waals surface area contributed by atoms with Crippen LogP contribution in [0, 0.1) is 17.3 Å². The number of thiophene rings is 1. The van der Waals surface area contributed by atoms with E-state index in [2.05, 4.69) is 21.7 Å².